The molecule has 0 atom stereocenters. The fourth-order valence-corrected chi connectivity index (χ4v) is 3.84. The Morgan fingerprint density at radius 1 is 0.595 bits per heavy atom. The van der Waals surface area contributed by atoms with Gasteiger partial charge in [0.25, 0.3) is 0 Å². The summed E-state index contributed by atoms with van der Waals surface area (Å²) in [6.45, 7) is 11.0. The smallest absolute Gasteiger partial charge is 0.338 e. The van der Waals surface area contributed by atoms with Crippen LogP contribution in [0.25, 0.3) is 0 Å². The summed E-state index contributed by atoms with van der Waals surface area (Å²) >= 11 is 0. The average molecular weight is 499 g/mol. The van der Waals surface area contributed by atoms with E-state index in [1.807, 2.05) is 24.3 Å². The Labute approximate surface area is 223 Å². The second kappa shape index (κ2) is 16.3. The number of ether oxygens (including phenoxy) is 1. The van der Waals surface area contributed by atoms with Gasteiger partial charge >= 0.3 is 5.97 Å². The molecular weight excluding hydrogens is 456 g/mol. The Balaban J connectivity index is 1.70. The van der Waals surface area contributed by atoms with E-state index in [9.17, 15) is 9.59 Å². The molecule has 0 aliphatic heterocycles. The number of allylic oxidation sites excluding steroid dienone is 7. The molecule has 37 heavy (non-hydrogen) atoms. The van der Waals surface area contributed by atoms with Crippen molar-refractivity contribution in [2.75, 3.05) is 6.61 Å². The summed E-state index contributed by atoms with van der Waals surface area (Å²) in [4.78, 5) is 24.9. The van der Waals surface area contributed by atoms with Crippen LogP contribution < -0.4 is 0 Å². The van der Waals surface area contributed by atoms with Gasteiger partial charge in [-0.2, -0.15) is 0 Å². The summed E-state index contributed by atoms with van der Waals surface area (Å²) in [5, 5.41) is 0. The molecule has 0 saturated carbocycles. The number of benzene rings is 2. The molecule has 0 N–H and O–H groups in total. The highest BCUT2D eigenvalue weighted by molar-refractivity contribution is 6.09. The zero-order valence-electron chi connectivity index (χ0n) is 23.2. The minimum absolute atomic E-state index is 0.0647. The summed E-state index contributed by atoms with van der Waals surface area (Å²) in [6.07, 6.45) is 15.3. The number of esters is 1. The fourth-order valence-electron chi connectivity index (χ4n) is 3.84. The van der Waals surface area contributed by atoms with E-state index in [0.717, 1.165) is 38.5 Å². The maximum Gasteiger partial charge on any atom is 0.338 e. The molecule has 0 fully saturated rings. The molecule has 0 aromatic heterocycles. The summed E-state index contributed by atoms with van der Waals surface area (Å²) < 4.78 is 5.40. The van der Waals surface area contributed by atoms with E-state index in [1.165, 1.54) is 22.3 Å². The molecule has 0 aliphatic carbocycles. The number of carbonyl (C=O) groups excluding carboxylic acids is 2. The molecule has 0 saturated heterocycles. The fraction of sp³-hybridized carbons (Fsp3) is 0.353. The van der Waals surface area contributed by atoms with Gasteiger partial charge in [-0.1, -0.05) is 83.0 Å². The minimum Gasteiger partial charge on any atom is -0.458 e. The summed E-state index contributed by atoms with van der Waals surface area (Å²) in [5.41, 5.74) is 7.09. The van der Waals surface area contributed by atoms with E-state index in [-0.39, 0.29) is 18.4 Å². The summed E-state index contributed by atoms with van der Waals surface area (Å²) in [5.74, 6) is -0.451. The summed E-state index contributed by atoms with van der Waals surface area (Å²) in [6, 6.07) is 15.7. The number of hydrogen-bond donors (Lipinski definition) is 0. The largest absolute Gasteiger partial charge is 0.458 e. The molecule has 0 amide bonds. The Morgan fingerprint density at radius 2 is 1.05 bits per heavy atom. The predicted molar refractivity (Wildman–Crippen MR) is 155 cm³/mol. The van der Waals surface area contributed by atoms with Crippen LogP contribution in [0.2, 0.25) is 0 Å². The van der Waals surface area contributed by atoms with Gasteiger partial charge in [-0.15, -0.1) is 0 Å². The zero-order valence-corrected chi connectivity index (χ0v) is 23.2. The molecule has 0 unspecified atom stereocenters. The maximum atomic E-state index is 12.5. The predicted octanol–water partition coefficient (Wildman–Crippen LogP) is 9.22. The molecule has 0 aliphatic rings. The van der Waals surface area contributed by atoms with Crippen molar-refractivity contribution >= 4 is 11.8 Å². The molecule has 3 heteroatoms. The van der Waals surface area contributed by atoms with Gasteiger partial charge in [-0.3, -0.25) is 4.79 Å². The lowest BCUT2D eigenvalue weighted by molar-refractivity contribution is 0.0548. The number of rotatable bonds is 14. The van der Waals surface area contributed by atoms with Crippen LogP contribution in [0.3, 0.4) is 0 Å². The van der Waals surface area contributed by atoms with Gasteiger partial charge in [0.1, 0.15) is 6.61 Å². The molecule has 2 aromatic carbocycles. The van der Waals surface area contributed by atoms with Gasteiger partial charge in [0.05, 0.1) is 5.56 Å². The monoisotopic (exact) mass is 498 g/mol. The molecule has 0 radical (unpaired) electrons. The normalized spacial score (nSPS) is 12.3. The first kappa shape index (κ1) is 29.8. The van der Waals surface area contributed by atoms with E-state index in [4.69, 9.17) is 4.74 Å². The Hall–Kier alpha value is -3.46. The van der Waals surface area contributed by atoms with Crippen molar-refractivity contribution in [3.05, 3.63) is 118 Å². The van der Waals surface area contributed by atoms with E-state index < -0.39 is 0 Å². The second-order valence-corrected chi connectivity index (χ2v) is 9.92. The molecule has 0 bridgehead atoms. The first-order chi connectivity index (χ1) is 17.8. The average Bonchev–Trinajstić information content (AvgIpc) is 2.88. The number of carbonyl (C=O) groups is 2. The molecule has 2 rings (SSSR count). The van der Waals surface area contributed by atoms with E-state index in [1.54, 1.807) is 36.4 Å². The molecular formula is C34H42O3. The third-order valence-corrected chi connectivity index (χ3v) is 6.22. The van der Waals surface area contributed by atoms with Crippen molar-refractivity contribution in [2.45, 2.75) is 73.1 Å². The van der Waals surface area contributed by atoms with Crippen LogP contribution in [0, 0.1) is 0 Å². The van der Waals surface area contributed by atoms with Crippen molar-refractivity contribution in [1.82, 2.24) is 0 Å². The second-order valence-electron chi connectivity index (χ2n) is 9.92. The standard InChI is InChI=1S/C34H42O3/c1-26(2)12-9-13-27(3)14-10-15-28(4)16-11-17-29(5)24-25-37-34(36)32-22-20-31(21-23-32)33(35)30-18-7-6-8-19-30/h6-8,12,14,16,18-24H,9-11,13,15,17,25H2,1-5H3/b27-14+,28-16?,29-24+. The SMILES string of the molecule is CC(C)=CCC/C(C)=C/CCC(C)=CCC/C(C)=C/COC(=O)c1ccc(C(=O)c2ccccc2)cc1. The third-order valence-electron chi connectivity index (χ3n) is 6.22. The third kappa shape index (κ3) is 11.9. The highest BCUT2D eigenvalue weighted by Crippen LogP contribution is 2.14. The molecule has 196 valence electrons. The molecule has 2 aromatic rings. The first-order valence-electron chi connectivity index (χ1n) is 13.2. The molecule has 3 nitrogen and oxygen atoms in total. The number of hydrogen-bond acceptors (Lipinski definition) is 3. The van der Waals surface area contributed by atoms with Crippen molar-refractivity contribution in [1.29, 1.82) is 0 Å². The van der Waals surface area contributed by atoms with Crippen LogP contribution in [0.1, 0.15) is 99.4 Å². The van der Waals surface area contributed by atoms with Crippen molar-refractivity contribution in [2.24, 2.45) is 0 Å². The van der Waals surface area contributed by atoms with Gasteiger partial charge in [-0.25, -0.2) is 4.79 Å². The lowest BCUT2D eigenvalue weighted by atomic mass is 10.0. The van der Waals surface area contributed by atoms with Gasteiger partial charge < -0.3 is 4.74 Å². The Morgan fingerprint density at radius 3 is 1.59 bits per heavy atom. The van der Waals surface area contributed by atoms with Gasteiger partial charge in [0.2, 0.25) is 0 Å². The van der Waals surface area contributed by atoms with E-state index in [0.29, 0.717) is 16.7 Å². The highest BCUT2D eigenvalue weighted by atomic mass is 16.5. The lowest BCUT2D eigenvalue weighted by Crippen LogP contribution is -2.07. The quantitative estimate of drug-likeness (QED) is 0.148. The maximum absolute atomic E-state index is 12.5. The van der Waals surface area contributed by atoms with E-state index in [2.05, 4.69) is 52.8 Å². The van der Waals surface area contributed by atoms with Gasteiger partial charge in [-0.05, 0) is 91.4 Å². The Kier molecular flexibility index (Phi) is 13.1. The Bertz CT molecular complexity index is 1130. The van der Waals surface area contributed by atoms with Crippen LogP contribution in [0.4, 0.5) is 0 Å². The first-order valence-corrected chi connectivity index (χ1v) is 13.2. The van der Waals surface area contributed by atoms with Crippen LogP contribution in [-0.2, 0) is 4.74 Å². The van der Waals surface area contributed by atoms with Crippen molar-refractivity contribution in [3.63, 3.8) is 0 Å². The van der Waals surface area contributed by atoms with Crippen LogP contribution in [0.15, 0.2) is 101 Å². The molecule has 0 spiro atoms. The van der Waals surface area contributed by atoms with Crippen molar-refractivity contribution < 1.29 is 14.3 Å². The van der Waals surface area contributed by atoms with Gasteiger partial charge in [0, 0.05) is 11.1 Å². The zero-order chi connectivity index (χ0) is 27.0. The topological polar surface area (TPSA) is 43.4 Å². The highest BCUT2D eigenvalue weighted by Gasteiger charge is 2.11. The van der Waals surface area contributed by atoms with Crippen LogP contribution in [0.5, 0.6) is 0 Å². The van der Waals surface area contributed by atoms with Crippen molar-refractivity contribution in [3.8, 4) is 0 Å². The van der Waals surface area contributed by atoms with Crippen LogP contribution >= 0.6 is 0 Å². The minimum atomic E-state index is -0.386. The number of ketones is 1. The van der Waals surface area contributed by atoms with Gasteiger partial charge in [0.15, 0.2) is 5.78 Å². The molecule has 0 heterocycles. The summed E-state index contributed by atoms with van der Waals surface area (Å²) in [7, 11) is 0. The van der Waals surface area contributed by atoms with E-state index >= 15 is 0 Å². The van der Waals surface area contributed by atoms with Crippen LogP contribution in [-0.4, -0.2) is 18.4 Å². The lowest BCUT2D eigenvalue weighted by Gasteiger charge is -2.05.